The quantitative estimate of drug-likeness (QED) is 0.0377. The maximum atomic E-state index is 12.9. The highest BCUT2D eigenvalue weighted by molar-refractivity contribution is 7.51. The minimum Gasteiger partial charge on any atom is -0.394 e. The SMILES string of the molecule is CC(=O)N[C@@H]1[C@@H](O)[C@H](O[C@@H]2O[C@H](CO)[C@@H](O[C@@H]3O[C@H](CO[C@H]4O[C@H](CO[C@H]5O[C@H](CO)[C@@H](O)[C@H](O)[C@@H]5O)[C@@H](O)[C@H](O[C@H]5O[C@H](CO)[C@@H](O)[C@H](O)[C@@H]5O)[C@@H]4O)[C@@H](O)[C@H](O[C@H]4O[C@H](CO)[C@@H](O)[C@H](O)[C@@H]4O[C@H]4O[C@H](CP(=O)(O)O)[C@@H](O)[C@H](O)[C@@H]4O)[C@@H]3O)[C@H](O)[C@H]2NC(C)=O)[C@@H](CO)O[C@H]1O. The lowest BCUT2D eigenvalue weighted by Gasteiger charge is -2.50. The van der Waals surface area contributed by atoms with Gasteiger partial charge in [0.25, 0.3) is 0 Å². The molecule has 8 aliphatic rings. The summed E-state index contributed by atoms with van der Waals surface area (Å²) >= 11 is 0. The van der Waals surface area contributed by atoms with Gasteiger partial charge in [0, 0.05) is 13.8 Å². The van der Waals surface area contributed by atoms with Crippen LogP contribution in [0.15, 0.2) is 0 Å². The summed E-state index contributed by atoms with van der Waals surface area (Å²) in [7, 11) is -5.11. The van der Waals surface area contributed by atoms with Crippen LogP contribution in [0.4, 0.5) is 0 Å². The molecule has 0 radical (unpaired) electrons. The van der Waals surface area contributed by atoms with Gasteiger partial charge in [-0.25, -0.2) is 0 Å². The fraction of sp³-hybridized carbons (Fsp3) is 0.962. The average molecular weight is 1460 g/mol. The number of aliphatic hydroxyl groups is 23. The topological polar surface area (TPSA) is 719 Å². The van der Waals surface area contributed by atoms with Crippen molar-refractivity contribution in [3.8, 4) is 0 Å². The smallest absolute Gasteiger partial charge is 0.328 e. The highest BCUT2D eigenvalue weighted by atomic mass is 31.2. The van der Waals surface area contributed by atoms with Gasteiger partial charge < -0.3 is 209 Å². The van der Waals surface area contributed by atoms with Crippen LogP contribution in [0.1, 0.15) is 13.8 Å². The van der Waals surface area contributed by atoms with Crippen molar-refractivity contribution in [2.45, 2.75) is 259 Å². The minimum absolute atomic E-state index is 0.780. The molecule has 0 spiro atoms. The third-order valence-corrected chi connectivity index (χ3v) is 18.5. The van der Waals surface area contributed by atoms with Crippen molar-refractivity contribution < 1.29 is 212 Å². The third-order valence-electron chi connectivity index (χ3n) is 17.7. The van der Waals surface area contributed by atoms with E-state index in [2.05, 4.69) is 10.6 Å². The molecule has 45 nitrogen and oxygen atoms in total. The Morgan fingerprint density at radius 1 is 0.316 bits per heavy atom. The maximum Gasteiger partial charge on any atom is 0.328 e. The third kappa shape index (κ3) is 18.1. The Balaban J connectivity index is 1.13. The van der Waals surface area contributed by atoms with Gasteiger partial charge in [-0.3, -0.25) is 14.2 Å². The zero-order valence-corrected chi connectivity index (χ0v) is 52.6. The zero-order valence-electron chi connectivity index (χ0n) is 51.7. The lowest BCUT2D eigenvalue weighted by atomic mass is 9.94. The van der Waals surface area contributed by atoms with E-state index in [4.69, 9.17) is 71.1 Å². The van der Waals surface area contributed by atoms with Crippen LogP contribution in [0.5, 0.6) is 0 Å². The van der Waals surface area contributed by atoms with Gasteiger partial charge in [0.1, 0.15) is 195 Å². The Labute approximate surface area is 553 Å². The van der Waals surface area contributed by atoms with E-state index in [9.17, 15) is 141 Å². The second kappa shape index (κ2) is 34.7. The Bertz CT molecular complexity index is 2560. The predicted molar refractivity (Wildman–Crippen MR) is 297 cm³/mol. The summed E-state index contributed by atoms with van der Waals surface area (Å²) in [5, 5.41) is 257. The number of amides is 2. The number of aliphatic hydroxyl groups excluding tert-OH is 23. The van der Waals surface area contributed by atoms with Crippen LogP contribution in [-0.4, -0.2) is 437 Å². The standard InChI is InChI=1S/C52H89N2O43P/c1-11(60)53-21-29(68)40(16(6-58)85-45(21)79)93-46-22(54-12(2)61)30(69)41(17(7-59)89-46)94-51-39(78)43(96-52-44(34(73)25(64)15(5-57)88-52)97-50-37(76)33(72)26(65)20(92-50)10-98(80,81)82)28(67)19(91-51)9-84-48-38(77)42(95-49-36(75)32(71)24(63)14(4-56)87-49)27(66)18(90-48)8-83-47-35(74)31(70)23(62)13(3-55)86-47/h13-52,55-59,62-79H,3-10H2,1-2H3,(H,53,60)(H,54,61)(H2,80,81,82)/t13-,14-,15-,16-,17-,18-,19-,20-,21-,22-,23-,24-,25-,26-,27-,28-,29-,30-,31+,32+,33+,34+,35+,36+,37+,38+,39+,40-,41-,42+,43+,44+,45-,46+,47+,48+,49-,50-,51+,52-/m1/s1. The predicted octanol–water partition coefficient (Wildman–Crippen LogP) is -18.0. The summed E-state index contributed by atoms with van der Waals surface area (Å²) in [4.78, 5) is 44.3. The van der Waals surface area contributed by atoms with Gasteiger partial charge >= 0.3 is 7.60 Å². The van der Waals surface area contributed by atoms with Crippen molar-refractivity contribution in [2.75, 3.05) is 52.4 Å². The second-order valence-corrected chi connectivity index (χ2v) is 26.3. The summed E-state index contributed by atoms with van der Waals surface area (Å²) < 4.78 is 98.5. The van der Waals surface area contributed by atoms with E-state index in [0.29, 0.717) is 0 Å². The van der Waals surface area contributed by atoms with Crippen LogP contribution in [0.25, 0.3) is 0 Å². The fourth-order valence-electron chi connectivity index (χ4n) is 12.3. The first-order valence-electron chi connectivity index (χ1n) is 30.7. The molecule has 0 aromatic heterocycles. The molecule has 40 atom stereocenters. The molecule has 570 valence electrons. The molecule has 8 aliphatic heterocycles. The van der Waals surface area contributed by atoms with Crippen molar-refractivity contribution in [1.29, 1.82) is 0 Å². The Kier molecular flexibility index (Phi) is 28.7. The lowest BCUT2D eigenvalue weighted by Crippen LogP contribution is -2.70. The highest BCUT2D eigenvalue weighted by Crippen LogP contribution is 2.41. The number of carbonyl (C=O) groups excluding carboxylic acids is 2. The molecule has 8 rings (SSSR count). The number of hydrogen-bond donors (Lipinski definition) is 27. The first kappa shape index (κ1) is 81.2. The molecule has 0 saturated carbocycles. The maximum absolute atomic E-state index is 12.9. The summed E-state index contributed by atoms with van der Waals surface area (Å²) in [6, 6.07) is -3.54. The lowest BCUT2D eigenvalue weighted by molar-refractivity contribution is -0.398. The zero-order chi connectivity index (χ0) is 72.4. The highest BCUT2D eigenvalue weighted by Gasteiger charge is 2.59. The molecular weight excluding hydrogens is 1370 g/mol. The Morgan fingerprint density at radius 2 is 0.633 bits per heavy atom. The Morgan fingerprint density at radius 3 is 1.11 bits per heavy atom. The minimum atomic E-state index is -5.11. The van der Waals surface area contributed by atoms with E-state index in [1.54, 1.807) is 0 Å². The van der Waals surface area contributed by atoms with E-state index < -0.39 is 317 Å². The van der Waals surface area contributed by atoms with Crippen molar-refractivity contribution in [3.63, 3.8) is 0 Å². The van der Waals surface area contributed by atoms with Gasteiger partial charge in [0.15, 0.2) is 50.3 Å². The van der Waals surface area contributed by atoms with Gasteiger partial charge in [-0.15, -0.1) is 0 Å². The van der Waals surface area contributed by atoms with E-state index in [1.807, 2.05) is 0 Å². The molecule has 27 N–H and O–H groups in total. The summed E-state index contributed by atoms with van der Waals surface area (Å²) in [5.74, 6) is -1.71. The first-order chi connectivity index (χ1) is 46.1. The molecule has 8 fully saturated rings. The Hall–Kier alpha value is -2.43. The number of nitrogens with one attached hydrogen (secondary N) is 2. The van der Waals surface area contributed by atoms with Crippen molar-refractivity contribution in [1.82, 2.24) is 10.6 Å². The molecule has 0 unspecified atom stereocenters. The number of hydrogen-bond acceptors (Lipinski definition) is 41. The normalized spacial score (nSPS) is 49.8. The van der Waals surface area contributed by atoms with Crippen LogP contribution >= 0.6 is 7.60 Å². The molecule has 0 aromatic rings. The van der Waals surface area contributed by atoms with Crippen molar-refractivity contribution in [3.05, 3.63) is 0 Å². The summed E-state index contributed by atoms with van der Waals surface area (Å²) in [5.41, 5.74) is 0. The summed E-state index contributed by atoms with van der Waals surface area (Å²) in [6.45, 7) is -5.50. The van der Waals surface area contributed by atoms with E-state index in [-0.39, 0.29) is 0 Å². The van der Waals surface area contributed by atoms with Crippen LogP contribution in [0.2, 0.25) is 0 Å². The molecule has 2 amide bonds. The summed E-state index contributed by atoms with van der Waals surface area (Å²) in [6.07, 6.45) is -81.7. The second-order valence-electron chi connectivity index (χ2n) is 24.6. The number of ether oxygens (including phenoxy) is 15. The van der Waals surface area contributed by atoms with Gasteiger partial charge in [-0.05, 0) is 0 Å². The monoisotopic (exact) mass is 1460 g/mol. The van der Waals surface area contributed by atoms with E-state index >= 15 is 0 Å². The number of rotatable bonds is 25. The molecule has 46 heteroatoms. The molecule has 0 bridgehead atoms. The van der Waals surface area contributed by atoms with Crippen LogP contribution in [0.3, 0.4) is 0 Å². The van der Waals surface area contributed by atoms with Crippen molar-refractivity contribution in [2.24, 2.45) is 0 Å². The fourth-order valence-corrected chi connectivity index (χ4v) is 13.1. The molecule has 0 aliphatic carbocycles. The molecule has 98 heavy (non-hydrogen) atoms. The largest absolute Gasteiger partial charge is 0.394 e. The molecule has 0 aromatic carbocycles. The van der Waals surface area contributed by atoms with Gasteiger partial charge in [-0.1, -0.05) is 0 Å². The van der Waals surface area contributed by atoms with Crippen LogP contribution in [0, 0.1) is 0 Å². The first-order valence-corrected chi connectivity index (χ1v) is 32.5. The average Bonchev–Trinajstić information content (AvgIpc) is 0.766. The van der Waals surface area contributed by atoms with Crippen LogP contribution in [-0.2, 0) is 85.2 Å². The molecule has 8 saturated heterocycles. The molecular formula is C52H89N2O43P. The van der Waals surface area contributed by atoms with E-state index in [1.165, 1.54) is 0 Å². The van der Waals surface area contributed by atoms with Gasteiger partial charge in [0.05, 0.1) is 52.4 Å². The van der Waals surface area contributed by atoms with E-state index in [0.717, 1.165) is 13.8 Å². The number of carbonyl (C=O) groups is 2. The van der Waals surface area contributed by atoms with Crippen LogP contribution < -0.4 is 10.6 Å². The van der Waals surface area contributed by atoms with Gasteiger partial charge in [-0.2, -0.15) is 0 Å². The molecule has 8 heterocycles. The van der Waals surface area contributed by atoms with Gasteiger partial charge in [0.2, 0.25) is 11.8 Å². The van der Waals surface area contributed by atoms with Crippen molar-refractivity contribution >= 4 is 19.4 Å².